The van der Waals surface area contributed by atoms with Gasteiger partial charge in [-0.25, -0.2) is 4.79 Å². The highest BCUT2D eigenvalue weighted by molar-refractivity contribution is 8.18. The quantitative estimate of drug-likeness (QED) is 0.527. The molecule has 7 heteroatoms. The number of benzene rings is 1. The lowest BCUT2D eigenvalue weighted by Gasteiger charge is -2.19. The maximum absolute atomic E-state index is 12.5. The maximum atomic E-state index is 12.5. The summed E-state index contributed by atoms with van der Waals surface area (Å²) in [4.78, 5) is 37.9. The molecular weight excluding hydrogens is 378 g/mol. The Kier molecular flexibility index (Phi) is 5.74. The predicted octanol–water partition coefficient (Wildman–Crippen LogP) is 4.88. The molecule has 1 unspecified atom stereocenters. The lowest BCUT2D eigenvalue weighted by atomic mass is 10.0. The number of nitrogens with zero attached hydrogens (tertiary/aromatic N) is 1. The van der Waals surface area contributed by atoms with Gasteiger partial charge in [-0.15, -0.1) is 0 Å². The fourth-order valence-corrected chi connectivity index (χ4v) is 3.84. The Labute approximate surface area is 167 Å². The monoisotopic (exact) mass is 399 g/mol. The summed E-state index contributed by atoms with van der Waals surface area (Å²) in [5.74, 6) is 0.412. The molecule has 146 valence electrons. The van der Waals surface area contributed by atoms with Gasteiger partial charge in [0.25, 0.3) is 11.1 Å². The summed E-state index contributed by atoms with van der Waals surface area (Å²) in [7, 11) is 1.34. The van der Waals surface area contributed by atoms with Crippen LogP contribution in [0.3, 0.4) is 0 Å². The summed E-state index contributed by atoms with van der Waals surface area (Å²) in [5.41, 5.74) is 2.16. The highest BCUT2D eigenvalue weighted by Gasteiger charge is 2.37. The molecule has 2 aromatic rings. The topological polar surface area (TPSA) is 76.8 Å². The number of esters is 1. The van der Waals surface area contributed by atoms with Crippen molar-refractivity contribution in [2.45, 2.75) is 33.2 Å². The molecule has 2 heterocycles. The van der Waals surface area contributed by atoms with Crippen LogP contribution in [0.1, 0.15) is 41.9 Å². The Hall–Kier alpha value is -2.80. The molecular formula is C21H21NO5S. The lowest BCUT2D eigenvalue weighted by Crippen LogP contribution is -2.36. The van der Waals surface area contributed by atoms with Gasteiger partial charge in [0.1, 0.15) is 11.5 Å². The molecule has 2 amide bonds. The Balaban J connectivity index is 1.85. The van der Waals surface area contributed by atoms with Crippen molar-refractivity contribution >= 4 is 35.0 Å². The minimum atomic E-state index is -0.396. The zero-order valence-corrected chi connectivity index (χ0v) is 17.0. The molecule has 0 saturated carbocycles. The number of hydrogen-bond donors (Lipinski definition) is 0. The number of rotatable bonds is 5. The molecule has 0 aliphatic carbocycles. The number of methoxy groups -OCH3 is 1. The predicted molar refractivity (Wildman–Crippen MR) is 108 cm³/mol. The van der Waals surface area contributed by atoms with Crippen LogP contribution in [0.4, 0.5) is 4.79 Å². The SMILES string of the molecule is CCC(C)N1C(=O)S/C(=C\c2ccc(-c3ccc(C(=O)OC)cc3C)o2)C1=O. The number of hydrogen-bond acceptors (Lipinski definition) is 6. The summed E-state index contributed by atoms with van der Waals surface area (Å²) < 4.78 is 10.6. The van der Waals surface area contributed by atoms with E-state index >= 15 is 0 Å². The van der Waals surface area contributed by atoms with Crippen molar-refractivity contribution in [3.63, 3.8) is 0 Å². The van der Waals surface area contributed by atoms with Crippen LogP contribution in [-0.4, -0.2) is 35.2 Å². The smallest absolute Gasteiger partial charge is 0.337 e. The van der Waals surface area contributed by atoms with E-state index in [1.54, 1.807) is 36.4 Å². The first kappa shape index (κ1) is 19.9. The van der Waals surface area contributed by atoms with Gasteiger partial charge >= 0.3 is 5.97 Å². The Bertz CT molecular complexity index is 975. The molecule has 28 heavy (non-hydrogen) atoms. The fourth-order valence-electron chi connectivity index (χ4n) is 2.93. The van der Waals surface area contributed by atoms with Crippen molar-refractivity contribution in [3.8, 4) is 11.3 Å². The van der Waals surface area contributed by atoms with Gasteiger partial charge < -0.3 is 9.15 Å². The molecule has 1 fully saturated rings. The van der Waals surface area contributed by atoms with Crippen molar-refractivity contribution in [2.24, 2.45) is 0 Å². The number of ether oxygens (including phenoxy) is 1. The molecule has 6 nitrogen and oxygen atoms in total. The van der Waals surface area contributed by atoms with Crippen LogP contribution in [0.25, 0.3) is 17.4 Å². The molecule has 0 spiro atoms. The molecule has 0 N–H and O–H groups in total. The highest BCUT2D eigenvalue weighted by atomic mass is 32.2. The Morgan fingerprint density at radius 3 is 2.68 bits per heavy atom. The van der Waals surface area contributed by atoms with E-state index in [0.29, 0.717) is 28.4 Å². The van der Waals surface area contributed by atoms with Crippen LogP contribution in [0, 0.1) is 6.92 Å². The largest absolute Gasteiger partial charge is 0.465 e. The van der Waals surface area contributed by atoms with E-state index in [1.165, 1.54) is 12.0 Å². The molecule has 1 aromatic heterocycles. The Morgan fingerprint density at radius 2 is 2.04 bits per heavy atom. The van der Waals surface area contributed by atoms with Crippen LogP contribution >= 0.6 is 11.8 Å². The molecule has 0 bridgehead atoms. The number of amides is 2. The van der Waals surface area contributed by atoms with Crippen LogP contribution in [0.15, 0.2) is 39.7 Å². The van der Waals surface area contributed by atoms with E-state index in [4.69, 9.17) is 9.15 Å². The Morgan fingerprint density at radius 1 is 1.29 bits per heavy atom. The summed E-state index contributed by atoms with van der Waals surface area (Å²) in [6.45, 7) is 5.66. The second-order valence-corrected chi connectivity index (χ2v) is 7.53. The van der Waals surface area contributed by atoms with Gasteiger partial charge in [-0.3, -0.25) is 14.5 Å². The summed E-state index contributed by atoms with van der Waals surface area (Å²) >= 11 is 0.923. The zero-order valence-electron chi connectivity index (χ0n) is 16.1. The van der Waals surface area contributed by atoms with E-state index < -0.39 is 5.97 Å². The molecule has 3 rings (SSSR count). The van der Waals surface area contributed by atoms with E-state index in [1.807, 2.05) is 20.8 Å². The third-order valence-corrected chi connectivity index (χ3v) is 5.55. The van der Waals surface area contributed by atoms with Gasteiger partial charge in [-0.05, 0) is 61.9 Å². The number of carbonyl (C=O) groups excluding carboxylic acids is 3. The highest BCUT2D eigenvalue weighted by Crippen LogP contribution is 2.35. The van der Waals surface area contributed by atoms with Crippen molar-refractivity contribution in [1.82, 2.24) is 4.90 Å². The van der Waals surface area contributed by atoms with Crippen molar-refractivity contribution in [1.29, 1.82) is 0 Å². The maximum Gasteiger partial charge on any atom is 0.337 e. The molecule has 1 saturated heterocycles. The normalized spacial score (nSPS) is 16.7. The lowest BCUT2D eigenvalue weighted by molar-refractivity contribution is -0.124. The molecule has 0 radical (unpaired) electrons. The third-order valence-electron chi connectivity index (χ3n) is 4.67. The van der Waals surface area contributed by atoms with Gasteiger partial charge in [0.2, 0.25) is 0 Å². The summed E-state index contributed by atoms with van der Waals surface area (Å²) in [6, 6.07) is 8.61. The van der Waals surface area contributed by atoms with Gasteiger partial charge in [0.05, 0.1) is 17.6 Å². The third kappa shape index (κ3) is 3.75. The van der Waals surface area contributed by atoms with E-state index in [0.717, 1.165) is 22.9 Å². The number of aryl methyl sites for hydroxylation is 1. The van der Waals surface area contributed by atoms with Crippen LogP contribution < -0.4 is 0 Å². The minimum Gasteiger partial charge on any atom is -0.465 e. The van der Waals surface area contributed by atoms with Crippen molar-refractivity contribution in [3.05, 3.63) is 52.1 Å². The van der Waals surface area contributed by atoms with E-state index in [9.17, 15) is 14.4 Å². The van der Waals surface area contributed by atoms with Gasteiger partial charge in [-0.2, -0.15) is 0 Å². The second-order valence-electron chi connectivity index (χ2n) is 6.53. The van der Waals surface area contributed by atoms with E-state index in [-0.39, 0.29) is 17.2 Å². The number of carbonyl (C=O) groups is 3. The fraction of sp³-hybridized carbons (Fsp3) is 0.286. The first-order valence-electron chi connectivity index (χ1n) is 8.92. The summed E-state index contributed by atoms with van der Waals surface area (Å²) in [5, 5.41) is -0.258. The number of imide groups is 1. The molecule has 1 aromatic carbocycles. The van der Waals surface area contributed by atoms with E-state index in [2.05, 4.69) is 0 Å². The van der Waals surface area contributed by atoms with Gasteiger partial charge in [0.15, 0.2) is 0 Å². The van der Waals surface area contributed by atoms with Crippen LogP contribution in [-0.2, 0) is 9.53 Å². The van der Waals surface area contributed by atoms with Crippen molar-refractivity contribution in [2.75, 3.05) is 7.11 Å². The molecule has 1 atom stereocenters. The van der Waals surface area contributed by atoms with Crippen LogP contribution in [0.5, 0.6) is 0 Å². The van der Waals surface area contributed by atoms with Crippen LogP contribution in [0.2, 0.25) is 0 Å². The van der Waals surface area contributed by atoms with Gasteiger partial charge in [-0.1, -0.05) is 13.0 Å². The first-order chi connectivity index (χ1) is 13.3. The summed E-state index contributed by atoms with van der Waals surface area (Å²) in [6.07, 6.45) is 2.30. The number of thioether (sulfide) groups is 1. The minimum absolute atomic E-state index is 0.137. The standard InChI is InChI=1S/C21H21NO5S/c1-5-13(3)22-19(23)18(28-21(22)25)11-15-7-9-17(27-15)16-8-6-14(10-12(16)2)20(24)26-4/h6-11,13H,5H2,1-4H3/b18-11-. The molecule has 1 aliphatic heterocycles. The average Bonchev–Trinajstić information content (AvgIpc) is 3.25. The second kappa shape index (κ2) is 8.06. The molecule has 1 aliphatic rings. The number of furan rings is 1. The zero-order chi connectivity index (χ0) is 20.4. The van der Waals surface area contributed by atoms with Crippen molar-refractivity contribution < 1.29 is 23.5 Å². The first-order valence-corrected chi connectivity index (χ1v) is 9.73. The van der Waals surface area contributed by atoms with Gasteiger partial charge in [0, 0.05) is 17.7 Å². The average molecular weight is 399 g/mol.